The van der Waals surface area contributed by atoms with Crippen LogP contribution in [0.4, 0.5) is 35.1 Å². The van der Waals surface area contributed by atoms with Crippen molar-refractivity contribution < 1.29 is 54.1 Å². The molecule has 2 aliphatic rings. The van der Waals surface area contributed by atoms with E-state index < -0.39 is 78.5 Å². The van der Waals surface area contributed by atoms with Gasteiger partial charge < -0.3 is 18.9 Å². The molecule has 6 nitrogen and oxygen atoms in total. The average Bonchev–Trinajstić information content (AvgIpc) is 3.55. The standard InChI is InChI=1S/C26H8F8N2O4S2/c27-11-7(5-35)12(28)16(32)9(15(11)31)23-19-21(39-3-1-37-19)25(41-23)26-22-20(38-2-4-40-22)24(42-26)10-17(33)13(29)8(6-36)14(30)18(10)34/h1-4H2. The molecule has 0 spiro atoms. The number of halogens is 8. The molecule has 2 aromatic carbocycles. The van der Waals surface area contributed by atoms with Gasteiger partial charge in [0.2, 0.25) is 0 Å². The topological polar surface area (TPSA) is 84.5 Å². The van der Waals surface area contributed by atoms with Crippen LogP contribution in [-0.2, 0) is 0 Å². The number of hydrogen-bond donors (Lipinski definition) is 0. The fourth-order valence-corrected chi connectivity index (χ4v) is 6.96. The second-order valence-corrected chi connectivity index (χ2v) is 10.5. The van der Waals surface area contributed by atoms with Gasteiger partial charge in [-0.3, -0.25) is 0 Å². The van der Waals surface area contributed by atoms with Crippen molar-refractivity contribution in [3.05, 3.63) is 57.7 Å². The van der Waals surface area contributed by atoms with E-state index in [9.17, 15) is 17.6 Å². The number of nitriles is 2. The molecule has 0 saturated carbocycles. The zero-order chi connectivity index (χ0) is 30.0. The van der Waals surface area contributed by atoms with Crippen molar-refractivity contribution in [1.82, 2.24) is 0 Å². The fourth-order valence-electron chi connectivity index (χ4n) is 4.39. The van der Waals surface area contributed by atoms with Crippen LogP contribution in [0.25, 0.3) is 30.6 Å². The first-order valence-electron chi connectivity index (χ1n) is 11.5. The minimum absolute atomic E-state index is 0.0583. The first-order chi connectivity index (χ1) is 20.1. The van der Waals surface area contributed by atoms with Gasteiger partial charge in [-0.25, -0.2) is 35.1 Å². The van der Waals surface area contributed by atoms with Crippen LogP contribution < -0.4 is 18.9 Å². The van der Waals surface area contributed by atoms with Gasteiger partial charge in [0.25, 0.3) is 0 Å². The molecule has 2 aliphatic heterocycles. The van der Waals surface area contributed by atoms with E-state index in [2.05, 4.69) is 0 Å². The molecule has 214 valence electrons. The predicted molar refractivity (Wildman–Crippen MR) is 130 cm³/mol. The fraction of sp³-hybridized carbons (Fsp3) is 0.154. The molecule has 0 atom stereocenters. The first-order valence-corrected chi connectivity index (χ1v) is 13.1. The Morgan fingerprint density at radius 1 is 0.429 bits per heavy atom. The van der Waals surface area contributed by atoms with Crippen LogP contribution >= 0.6 is 22.7 Å². The third-order valence-electron chi connectivity index (χ3n) is 6.21. The second kappa shape index (κ2) is 10.1. The summed E-state index contributed by atoms with van der Waals surface area (Å²) in [6.07, 6.45) is 0. The number of nitrogens with zero attached hydrogens (tertiary/aromatic N) is 2. The molecule has 2 aromatic heterocycles. The van der Waals surface area contributed by atoms with Gasteiger partial charge in [-0.1, -0.05) is 0 Å². The molecule has 0 bridgehead atoms. The molecule has 0 radical (unpaired) electrons. The van der Waals surface area contributed by atoms with Crippen LogP contribution in [0.15, 0.2) is 0 Å². The van der Waals surface area contributed by atoms with Crippen molar-refractivity contribution in [2.24, 2.45) is 0 Å². The highest BCUT2D eigenvalue weighted by Gasteiger charge is 2.38. The predicted octanol–water partition coefficient (Wildman–Crippen LogP) is 7.21. The average molecular weight is 628 g/mol. The number of ether oxygens (including phenoxy) is 4. The summed E-state index contributed by atoms with van der Waals surface area (Å²) >= 11 is 0.985. The highest BCUT2D eigenvalue weighted by atomic mass is 32.1. The maximum absolute atomic E-state index is 15.0. The number of benzene rings is 2. The van der Waals surface area contributed by atoms with Crippen LogP contribution in [0.2, 0.25) is 0 Å². The molecule has 6 rings (SSSR count). The Kier molecular flexibility index (Phi) is 6.63. The number of fused-ring (bicyclic) bond motifs is 2. The van der Waals surface area contributed by atoms with Gasteiger partial charge in [-0.05, 0) is 0 Å². The molecule has 0 unspecified atom stereocenters. The van der Waals surface area contributed by atoms with Crippen LogP contribution in [0.5, 0.6) is 23.0 Å². The zero-order valence-electron chi connectivity index (χ0n) is 20.2. The molecule has 4 heterocycles. The molecular weight excluding hydrogens is 620 g/mol. The van der Waals surface area contributed by atoms with E-state index in [4.69, 9.17) is 29.5 Å². The van der Waals surface area contributed by atoms with Crippen molar-refractivity contribution in [2.75, 3.05) is 26.4 Å². The third-order valence-corrected chi connectivity index (χ3v) is 8.71. The lowest BCUT2D eigenvalue weighted by atomic mass is 10.1. The maximum Gasteiger partial charge on any atom is 0.181 e. The minimum atomic E-state index is -1.95. The lowest BCUT2D eigenvalue weighted by Crippen LogP contribution is -2.16. The molecular formula is C26H8F8N2O4S2. The van der Waals surface area contributed by atoms with Crippen LogP contribution in [0.3, 0.4) is 0 Å². The SMILES string of the molecule is N#Cc1c(F)c(F)c(-c2sc(-c3sc(-c4c(F)c(F)c(C#N)c(F)c4F)c4c3OCCO4)c3c2OCCO3)c(F)c1F. The van der Waals surface area contributed by atoms with Gasteiger partial charge in [-0.15, -0.1) is 22.7 Å². The van der Waals surface area contributed by atoms with Gasteiger partial charge in [0, 0.05) is 0 Å². The summed E-state index contributed by atoms with van der Waals surface area (Å²) in [5, 5.41) is 17.8. The largest absolute Gasteiger partial charge is 0.485 e. The Morgan fingerprint density at radius 2 is 0.690 bits per heavy atom. The highest BCUT2D eigenvalue weighted by Crippen LogP contribution is 2.62. The Balaban J connectivity index is 1.64. The van der Waals surface area contributed by atoms with Crippen molar-refractivity contribution in [3.8, 4) is 65.8 Å². The van der Waals surface area contributed by atoms with Crippen molar-refractivity contribution >= 4 is 22.7 Å². The maximum atomic E-state index is 15.0. The van der Waals surface area contributed by atoms with E-state index in [0.717, 1.165) is 12.1 Å². The van der Waals surface area contributed by atoms with Crippen molar-refractivity contribution in [2.45, 2.75) is 0 Å². The van der Waals surface area contributed by atoms with Gasteiger partial charge in [-0.2, -0.15) is 10.5 Å². The van der Waals surface area contributed by atoms with Gasteiger partial charge in [0.15, 0.2) is 69.5 Å². The normalized spacial score (nSPS) is 13.6. The van der Waals surface area contributed by atoms with E-state index in [1.165, 1.54) is 0 Å². The Labute approximate surface area is 237 Å². The molecule has 0 amide bonds. The number of hydrogen-bond acceptors (Lipinski definition) is 8. The quantitative estimate of drug-likeness (QED) is 0.176. The number of thiophene rings is 2. The summed E-state index contributed by atoms with van der Waals surface area (Å²) in [4.78, 5) is -1.11. The van der Waals surface area contributed by atoms with E-state index in [1.807, 2.05) is 0 Å². The Bertz CT molecular complexity index is 1730. The summed E-state index contributed by atoms with van der Waals surface area (Å²) in [5.74, 6) is -16.4. The first kappa shape index (κ1) is 27.6. The van der Waals surface area contributed by atoms with E-state index in [0.29, 0.717) is 22.7 Å². The number of rotatable bonds is 3. The molecule has 4 aromatic rings. The minimum Gasteiger partial charge on any atom is -0.485 e. The molecule has 0 aliphatic carbocycles. The van der Waals surface area contributed by atoms with Gasteiger partial charge >= 0.3 is 0 Å². The highest BCUT2D eigenvalue weighted by molar-refractivity contribution is 7.26. The third kappa shape index (κ3) is 3.79. The molecule has 0 saturated heterocycles. The van der Waals surface area contributed by atoms with E-state index in [1.54, 1.807) is 0 Å². The molecule has 42 heavy (non-hydrogen) atoms. The van der Waals surface area contributed by atoms with Crippen LogP contribution in [-0.4, -0.2) is 26.4 Å². The second-order valence-electron chi connectivity index (χ2n) is 8.47. The lowest BCUT2D eigenvalue weighted by Gasteiger charge is -2.19. The Morgan fingerprint density at radius 3 is 0.952 bits per heavy atom. The summed E-state index contributed by atoms with van der Waals surface area (Å²) in [7, 11) is 0. The molecule has 16 heteroatoms. The van der Waals surface area contributed by atoms with Crippen molar-refractivity contribution in [3.63, 3.8) is 0 Å². The Hall–Kier alpha value is -4.54. The summed E-state index contributed by atoms with van der Waals surface area (Å²) < 4.78 is 140. The van der Waals surface area contributed by atoms with E-state index in [-0.39, 0.29) is 59.2 Å². The van der Waals surface area contributed by atoms with Crippen LogP contribution in [0, 0.1) is 69.2 Å². The lowest BCUT2D eigenvalue weighted by molar-refractivity contribution is 0.172. The summed E-state index contributed by atoms with van der Waals surface area (Å²) in [6.45, 7) is -0.475. The van der Waals surface area contributed by atoms with Gasteiger partial charge in [0.05, 0.1) is 30.6 Å². The monoisotopic (exact) mass is 628 g/mol. The zero-order valence-corrected chi connectivity index (χ0v) is 21.8. The smallest absolute Gasteiger partial charge is 0.181 e. The van der Waals surface area contributed by atoms with E-state index >= 15 is 17.6 Å². The summed E-state index contributed by atoms with van der Waals surface area (Å²) in [5.41, 5.74) is -5.38. The van der Waals surface area contributed by atoms with Crippen molar-refractivity contribution in [1.29, 1.82) is 10.5 Å². The van der Waals surface area contributed by atoms with Crippen LogP contribution in [0.1, 0.15) is 11.1 Å². The summed E-state index contributed by atoms with van der Waals surface area (Å²) in [6, 6.07) is 2.10. The molecule has 0 fully saturated rings. The van der Waals surface area contributed by atoms with Gasteiger partial charge in [0.1, 0.15) is 49.7 Å². The molecule has 0 N–H and O–H groups in total.